The molecule has 0 spiro atoms. The standard InChI is InChI=1S/C14H28N/c1-10-11(2)13-7-12(10)8-14(13,3)9-15(4,5)6/h10-13H,7-9H2,1-6H3/q+1. The van der Waals surface area contributed by atoms with Gasteiger partial charge in [-0.2, -0.15) is 0 Å². The second-order valence-corrected chi connectivity index (χ2v) is 7.63. The lowest BCUT2D eigenvalue weighted by molar-refractivity contribution is -0.877. The van der Waals surface area contributed by atoms with Gasteiger partial charge in [-0.25, -0.2) is 0 Å². The van der Waals surface area contributed by atoms with Gasteiger partial charge in [0.15, 0.2) is 0 Å². The van der Waals surface area contributed by atoms with E-state index in [0.717, 1.165) is 28.2 Å². The van der Waals surface area contributed by atoms with Crippen molar-refractivity contribution in [2.75, 3.05) is 27.7 Å². The van der Waals surface area contributed by atoms with Crippen LogP contribution < -0.4 is 0 Å². The summed E-state index contributed by atoms with van der Waals surface area (Å²) in [5.74, 6) is 3.97. The van der Waals surface area contributed by atoms with Gasteiger partial charge in [-0.05, 0) is 36.5 Å². The van der Waals surface area contributed by atoms with Crippen molar-refractivity contribution in [3.8, 4) is 0 Å². The topological polar surface area (TPSA) is 0 Å². The summed E-state index contributed by atoms with van der Waals surface area (Å²) < 4.78 is 1.13. The molecule has 0 saturated heterocycles. The molecule has 2 saturated carbocycles. The van der Waals surface area contributed by atoms with Crippen molar-refractivity contribution in [1.29, 1.82) is 0 Å². The third-order valence-electron chi connectivity index (χ3n) is 5.22. The number of rotatable bonds is 2. The molecule has 0 aromatic rings. The van der Waals surface area contributed by atoms with Crippen LogP contribution in [0.3, 0.4) is 0 Å². The average molecular weight is 210 g/mol. The van der Waals surface area contributed by atoms with Gasteiger partial charge >= 0.3 is 0 Å². The average Bonchev–Trinajstić information content (AvgIpc) is 2.47. The molecule has 2 rings (SSSR count). The van der Waals surface area contributed by atoms with E-state index in [0.29, 0.717) is 5.41 Å². The Morgan fingerprint density at radius 1 is 1.13 bits per heavy atom. The fraction of sp³-hybridized carbons (Fsp3) is 1.00. The van der Waals surface area contributed by atoms with E-state index < -0.39 is 0 Å². The molecular formula is C14H28N+. The van der Waals surface area contributed by atoms with Gasteiger partial charge in [-0.1, -0.05) is 20.8 Å². The van der Waals surface area contributed by atoms with Crippen LogP contribution in [0.2, 0.25) is 0 Å². The summed E-state index contributed by atoms with van der Waals surface area (Å²) in [7, 11) is 7.02. The lowest BCUT2D eigenvalue weighted by atomic mass is 9.66. The molecule has 0 amide bonds. The van der Waals surface area contributed by atoms with Gasteiger partial charge in [0, 0.05) is 5.41 Å². The molecule has 5 atom stereocenters. The first-order valence-corrected chi connectivity index (χ1v) is 6.53. The van der Waals surface area contributed by atoms with Crippen LogP contribution in [0.15, 0.2) is 0 Å². The van der Waals surface area contributed by atoms with Crippen LogP contribution in [0.5, 0.6) is 0 Å². The largest absolute Gasteiger partial charge is 0.330 e. The zero-order chi connectivity index (χ0) is 11.4. The third kappa shape index (κ3) is 1.84. The Morgan fingerprint density at radius 2 is 1.73 bits per heavy atom. The zero-order valence-corrected chi connectivity index (χ0v) is 11.4. The maximum atomic E-state index is 2.55. The predicted molar refractivity (Wildman–Crippen MR) is 65.5 cm³/mol. The van der Waals surface area contributed by atoms with Crippen LogP contribution in [-0.4, -0.2) is 32.2 Å². The Morgan fingerprint density at radius 3 is 2.13 bits per heavy atom. The molecule has 0 aromatic heterocycles. The van der Waals surface area contributed by atoms with Crippen LogP contribution in [0.4, 0.5) is 0 Å². The van der Waals surface area contributed by atoms with E-state index in [9.17, 15) is 0 Å². The molecular weight excluding hydrogens is 182 g/mol. The number of hydrogen-bond acceptors (Lipinski definition) is 0. The SMILES string of the molecule is CC1C2CC(C1C)C(C)(C[N+](C)(C)C)C2. The summed E-state index contributed by atoms with van der Waals surface area (Å²) in [5, 5.41) is 0. The predicted octanol–water partition coefficient (Wildman–Crippen LogP) is 3.01. The minimum absolute atomic E-state index is 0.620. The fourth-order valence-corrected chi connectivity index (χ4v) is 4.76. The second-order valence-electron chi connectivity index (χ2n) is 7.63. The van der Waals surface area contributed by atoms with Gasteiger partial charge in [0.1, 0.15) is 0 Å². The summed E-state index contributed by atoms with van der Waals surface area (Å²) in [6.45, 7) is 8.86. The Hall–Kier alpha value is -0.0400. The molecule has 2 bridgehead atoms. The highest BCUT2D eigenvalue weighted by atomic mass is 15.3. The summed E-state index contributed by atoms with van der Waals surface area (Å²) in [6.07, 6.45) is 3.00. The minimum Gasteiger partial charge on any atom is -0.330 e. The molecule has 88 valence electrons. The molecule has 0 aliphatic heterocycles. The van der Waals surface area contributed by atoms with Gasteiger partial charge < -0.3 is 4.48 Å². The molecule has 2 aliphatic rings. The van der Waals surface area contributed by atoms with Gasteiger partial charge in [0.2, 0.25) is 0 Å². The normalized spacial score (nSPS) is 50.0. The minimum atomic E-state index is 0.620. The van der Waals surface area contributed by atoms with Crippen LogP contribution >= 0.6 is 0 Å². The van der Waals surface area contributed by atoms with Gasteiger partial charge in [0.25, 0.3) is 0 Å². The van der Waals surface area contributed by atoms with Crippen LogP contribution in [-0.2, 0) is 0 Å². The highest BCUT2D eigenvalue weighted by Crippen LogP contribution is 2.61. The zero-order valence-electron chi connectivity index (χ0n) is 11.4. The highest BCUT2D eigenvalue weighted by Gasteiger charge is 2.56. The van der Waals surface area contributed by atoms with Gasteiger partial charge in [-0.15, -0.1) is 0 Å². The van der Waals surface area contributed by atoms with Crippen molar-refractivity contribution in [2.24, 2.45) is 29.1 Å². The van der Waals surface area contributed by atoms with Crippen molar-refractivity contribution >= 4 is 0 Å². The highest BCUT2D eigenvalue weighted by molar-refractivity contribution is 5.03. The summed E-state index contributed by atoms with van der Waals surface area (Å²) in [5.41, 5.74) is 0.620. The second kappa shape index (κ2) is 3.23. The first-order chi connectivity index (χ1) is 6.73. The quantitative estimate of drug-likeness (QED) is 0.615. The lowest BCUT2D eigenvalue weighted by Crippen LogP contribution is -2.48. The molecule has 2 fully saturated rings. The van der Waals surface area contributed by atoms with E-state index >= 15 is 0 Å². The molecule has 5 unspecified atom stereocenters. The van der Waals surface area contributed by atoms with Crippen molar-refractivity contribution in [3.05, 3.63) is 0 Å². The summed E-state index contributed by atoms with van der Waals surface area (Å²) in [4.78, 5) is 0. The number of quaternary nitrogens is 1. The first-order valence-electron chi connectivity index (χ1n) is 6.53. The molecule has 2 aliphatic carbocycles. The first kappa shape index (κ1) is 11.4. The maximum Gasteiger partial charge on any atom is 0.0837 e. The van der Waals surface area contributed by atoms with Gasteiger partial charge in [0.05, 0.1) is 27.7 Å². The van der Waals surface area contributed by atoms with Crippen molar-refractivity contribution in [2.45, 2.75) is 33.6 Å². The Bertz CT molecular complexity index is 251. The molecule has 0 aromatic carbocycles. The molecule has 1 nitrogen and oxygen atoms in total. The van der Waals surface area contributed by atoms with E-state index in [1.165, 1.54) is 19.4 Å². The Balaban J connectivity index is 2.13. The molecule has 0 radical (unpaired) electrons. The summed E-state index contributed by atoms with van der Waals surface area (Å²) >= 11 is 0. The molecule has 0 N–H and O–H groups in total. The van der Waals surface area contributed by atoms with Crippen molar-refractivity contribution < 1.29 is 4.48 Å². The number of nitrogens with zero attached hydrogens (tertiary/aromatic N) is 1. The van der Waals surface area contributed by atoms with E-state index in [4.69, 9.17) is 0 Å². The number of fused-ring (bicyclic) bond motifs is 2. The lowest BCUT2D eigenvalue weighted by Gasteiger charge is -2.43. The molecule has 15 heavy (non-hydrogen) atoms. The number of hydrogen-bond donors (Lipinski definition) is 0. The van der Waals surface area contributed by atoms with E-state index in [1.54, 1.807) is 0 Å². The van der Waals surface area contributed by atoms with Crippen LogP contribution in [0, 0.1) is 29.1 Å². The summed E-state index contributed by atoms with van der Waals surface area (Å²) in [6, 6.07) is 0. The van der Waals surface area contributed by atoms with Crippen molar-refractivity contribution in [3.63, 3.8) is 0 Å². The van der Waals surface area contributed by atoms with Gasteiger partial charge in [-0.3, -0.25) is 0 Å². The van der Waals surface area contributed by atoms with E-state index in [2.05, 4.69) is 41.9 Å². The monoisotopic (exact) mass is 210 g/mol. The molecule has 1 heteroatoms. The van der Waals surface area contributed by atoms with E-state index in [-0.39, 0.29) is 0 Å². The Kier molecular flexibility index (Phi) is 2.46. The maximum absolute atomic E-state index is 2.55. The van der Waals surface area contributed by atoms with E-state index in [1.807, 2.05) is 0 Å². The van der Waals surface area contributed by atoms with Crippen LogP contribution in [0.1, 0.15) is 33.6 Å². The smallest absolute Gasteiger partial charge is 0.0837 e. The fourth-order valence-electron chi connectivity index (χ4n) is 4.76. The third-order valence-corrected chi connectivity index (χ3v) is 5.22. The Labute approximate surface area is 95.4 Å². The van der Waals surface area contributed by atoms with Crippen molar-refractivity contribution in [1.82, 2.24) is 0 Å². The van der Waals surface area contributed by atoms with Crippen LogP contribution in [0.25, 0.3) is 0 Å². The molecule has 0 heterocycles.